The van der Waals surface area contributed by atoms with Crippen molar-refractivity contribution in [3.63, 3.8) is 0 Å². The van der Waals surface area contributed by atoms with Crippen LogP contribution in [0.4, 0.5) is 0 Å². The van der Waals surface area contributed by atoms with E-state index in [0.29, 0.717) is 13.0 Å². The van der Waals surface area contributed by atoms with Gasteiger partial charge in [0.1, 0.15) is 6.04 Å². The Bertz CT molecular complexity index is 580. The molecule has 0 unspecified atom stereocenters. The number of carboxylic acid groups (broad SMARTS) is 1. The minimum Gasteiger partial charge on any atom is -0.480 e. The Kier molecular flexibility index (Phi) is 28.2. The molecule has 0 radical (unpaired) electrons. The van der Waals surface area contributed by atoms with Gasteiger partial charge in [0.2, 0.25) is 5.91 Å². The molecule has 2 N–H and O–H groups in total. The second-order valence-electron chi connectivity index (χ2n) is 11.4. The number of hydrogen-bond acceptors (Lipinski definition) is 4. The third-order valence-corrected chi connectivity index (χ3v) is 7.54. The van der Waals surface area contributed by atoms with E-state index in [1.165, 1.54) is 116 Å². The van der Waals surface area contributed by atoms with Crippen LogP contribution < -0.4 is 5.32 Å². The normalized spacial score (nSPS) is 11.8. The van der Waals surface area contributed by atoms with Gasteiger partial charge in [0.05, 0.1) is 6.61 Å². The predicted octanol–water partition coefficient (Wildman–Crippen LogP) is 9.28. The van der Waals surface area contributed by atoms with E-state index in [2.05, 4.69) is 19.2 Å². The molecule has 0 aliphatic carbocycles. The first-order valence-corrected chi connectivity index (χ1v) is 16.7. The number of carboxylic acids is 1. The second-order valence-corrected chi connectivity index (χ2v) is 11.4. The summed E-state index contributed by atoms with van der Waals surface area (Å²) in [5.41, 5.74) is 0. The first-order valence-electron chi connectivity index (χ1n) is 16.7. The zero-order valence-electron chi connectivity index (χ0n) is 25.7. The first kappa shape index (κ1) is 37.4. The van der Waals surface area contributed by atoms with Gasteiger partial charge in [-0.1, -0.05) is 149 Å². The number of esters is 1. The molecule has 39 heavy (non-hydrogen) atoms. The highest BCUT2D eigenvalue weighted by molar-refractivity contribution is 5.84. The van der Waals surface area contributed by atoms with E-state index in [4.69, 9.17) is 4.74 Å². The Hall–Kier alpha value is -1.59. The van der Waals surface area contributed by atoms with E-state index in [1.54, 1.807) is 0 Å². The van der Waals surface area contributed by atoms with Crippen LogP contribution in [0.2, 0.25) is 0 Å². The number of hydrogen-bond donors (Lipinski definition) is 2. The molecule has 0 aliphatic rings. The zero-order valence-corrected chi connectivity index (χ0v) is 25.7. The monoisotopic (exact) mass is 553 g/mol. The number of carbonyl (C=O) groups excluding carboxylic acids is 2. The molecule has 0 heterocycles. The van der Waals surface area contributed by atoms with Gasteiger partial charge < -0.3 is 15.2 Å². The van der Waals surface area contributed by atoms with Crippen LogP contribution in [0.3, 0.4) is 0 Å². The molecule has 0 aromatic heterocycles. The quantitative estimate of drug-likeness (QED) is 0.0683. The van der Waals surface area contributed by atoms with E-state index < -0.39 is 12.0 Å². The molecule has 0 aromatic rings. The van der Waals surface area contributed by atoms with Crippen LogP contribution in [-0.2, 0) is 19.1 Å². The number of nitrogens with one attached hydrogen (secondary N) is 1. The molecule has 1 atom stereocenters. The van der Waals surface area contributed by atoms with Crippen molar-refractivity contribution >= 4 is 17.8 Å². The molecule has 0 bridgehead atoms. The lowest BCUT2D eigenvalue weighted by atomic mass is 10.0. The van der Waals surface area contributed by atoms with Gasteiger partial charge in [-0.25, -0.2) is 4.79 Å². The van der Waals surface area contributed by atoms with Gasteiger partial charge >= 0.3 is 11.9 Å². The van der Waals surface area contributed by atoms with E-state index in [-0.39, 0.29) is 24.7 Å². The van der Waals surface area contributed by atoms with Crippen LogP contribution in [-0.4, -0.2) is 35.6 Å². The highest BCUT2D eigenvalue weighted by atomic mass is 16.5. The standard InChI is InChI=1S/C33H63NO5/c1-3-5-7-9-11-13-15-17-19-21-23-25-29-39-32(36)28-27-30(33(37)38)34-31(35)26-24-22-20-18-16-14-12-10-8-6-4-2/h30H,3-29H2,1-2H3,(H,34,35)(H,37,38)/t30-/m0/s1. The number of carbonyl (C=O) groups is 3. The average Bonchev–Trinajstić information content (AvgIpc) is 2.92. The molecule has 0 saturated carbocycles. The predicted molar refractivity (Wildman–Crippen MR) is 162 cm³/mol. The maximum atomic E-state index is 12.2. The lowest BCUT2D eigenvalue weighted by Crippen LogP contribution is -2.41. The maximum Gasteiger partial charge on any atom is 0.326 e. The molecule has 0 spiro atoms. The Morgan fingerprint density at radius 2 is 0.949 bits per heavy atom. The maximum absolute atomic E-state index is 12.2. The summed E-state index contributed by atoms with van der Waals surface area (Å²) < 4.78 is 5.27. The lowest BCUT2D eigenvalue weighted by molar-refractivity contribution is -0.145. The molecule has 6 heteroatoms. The lowest BCUT2D eigenvalue weighted by Gasteiger charge is -2.14. The van der Waals surface area contributed by atoms with E-state index in [9.17, 15) is 19.5 Å². The summed E-state index contributed by atoms with van der Waals surface area (Å²) in [6.45, 7) is 4.87. The van der Waals surface area contributed by atoms with Gasteiger partial charge in [0, 0.05) is 12.8 Å². The fourth-order valence-corrected chi connectivity index (χ4v) is 4.94. The van der Waals surface area contributed by atoms with E-state index in [1.807, 2.05) is 0 Å². The van der Waals surface area contributed by atoms with Gasteiger partial charge in [0.25, 0.3) is 0 Å². The molecule has 1 amide bonds. The SMILES string of the molecule is CCCCCCCCCCCCCCOC(=O)CC[C@H](NC(=O)CCCCCCCCCCCCC)C(=O)O. The van der Waals surface area contributed by atoms with Crippen LogP contribution in [0.1, 0.15) is 181 Å². The minimum absolute atomic E-state index is 0.00788. The Morgan fingerprint density at radius 1 is 0.564 bits per heavy atom. The van der Waals surface area contributed by atoms with Gasteiger partial charge in [-0.15, -0.1) is 0 Å². The fraction of sp³-hybridized carbons (Fsp3) is 0.909. The van der Waals surface area contributed by atoms with Crippen molar-refractivity contribution in [1.82, 2.24) is 5.32 Å². The van der Waals surface area contributed by atoms with E-state index >= 15 is 0 Å². The number of aliphatic carboxylic acids is 1. The van der Waals surface area contributed by atoms with Crippen LogP contribution in [0.5, 0.6) is 0 Å². The van der Waals surface area contributed by atoms with Crippen molar-refractivity contribution in [1.29, 1.82) is 0 Å². The first-order chi connectivity index (χ1) is 19.0. The summed E-state index contributed by atoms with van der Waals surface area (Å²) >= 11 is 0. The summed E-state index contributed by atoms with van der Waals surface area (Å²) in [6.07, 6.45) is 28.7. The summed E-state index contributed by atoms with van der Waals surface area (Å²) in [5, 5.41) is 12.0. The average molecular weight is 554 g/mol. The smallest absolute Gasteiger partial charge is 0.326 e. The number of amides is 1. The van der Waals surface area contributed by atoms with Gasteiger partial charge in [-0.2, -0.15) is 0 Å². The number of rotatable bonds is 30. The van der Waals surface area contributed by atoms with Crippen LogP contribution in [0, 0.1) is 0 Å². The molecule has 0 rings (SSSR count). The summed E-state index contributed by atoms with van der Waals surface area (Å²) in [4.78, 5) is 35.7. The van der Waals surface area contributed by atoms with Crippen molar-refractivity contribution in [2.24, 2.45) is 0 Å². The molecule has 0 aliphatic heterocycles. The summed E-state index contributed by atoms with van der Waals surface area (Å²) in [5.74, 6) is -1.73. The van der Waals surface area contributed by atoms with Crippen molar-refractivity contribution in [3.05, 3.63) is 0 Å². The van der Waals surface area contributed by atoms with Crippen molar-refractivity contribution in [2.75, 3.05) is 6.61 Å². The Balaban J connectivity index is 3.68. The van der Waals surface area contributed by atoms with Crippen LogP contribution >= 0.6 is 0 Å². The largest absolute Gasteiger partial charge is 0.480 e. The van der Waals surface area contributed by atoms with Crippen LogP contribution in [0.25, 0.3) is 0 Å². The van der Waals surface area contributed by atoms with Crippen LogP contribution in [0.15, 0.2) is 0 Å². The minimum atomic E-state index is -1.10. The molecule has 0 aromatic carbocycles. The van der Waals surface area contributed by atoms with Crippen molar-refractivity contribution in [3.8, 4) is 0 Å². The molecule has 6 nitrogen and oxygen atoms in total. The van der Waals surface area contributed by atoms with Gasteiger partial charge in [-0.3, -0.25) is 9.59 Å². The number of unbranched alkanes of at least 4 members (excludes halogenated alkanes) is 21. The molecular formula is C33H63NO5. The van der Waals surface area contributed by atoms with Gasteiger partial charge in [-0.05, 0) is 19.3 Å². The Morgan fingerprint density at radius 3 is 1.36 bits per heavy atom. The zero-order chi connectivity index (χ0) is 28.8. The van der Waals surface area contributed by atoms with E-state index in [0.717, 1.165) is 32.1 Å². The molecule has 0 fully saturated rings. The topological polar surface area (TPSA) is 92.7 Å². The van der Waals surface area contributed by atoms with Gasteiger partial charge in [0.15, 0.2) is 0 Å². The van der Waals surface area contributed by atoms with Crippen molar-refractivity contribution < 1.29 is 24.2 Å². The number of ether oxygens (including phenoxy) is 1. The fourth-order valence-electron chi connectivity index (χ4n) is 4.94. The Labute approximate surface area is 240 Å². The highest BCUT2D eigenvalue weighted by Crippen LogP contribution is 2.13. The third kappa shape index (κ3) is 27.8. The van der Waals surface area contributed by atoms with Crippen molar-refractivity contribution in [2.45, 2.75) is 187 Å². The highest BCUT2D eigenvalue weighted by Gasteiger charge is 2.21. The molecule has 230 valence electrons. The third-order valence-electron chi connectivity index (χ3n) is 7.54. The summed E-state index contributed by atoms with van der Waals surface area (Å²) in [6, 6.07) is -1.04. The molecule has 0 saturated heterocycles. The molecular weight excluding hydrogens is 490 g/mol. The second kappa shape index (κ2) is 29.4. The summed E-state index contributed by atoms with van der Waals surface area (Å²) in [7, 11) is 0.